The van der Waals surface area contributed by atoms with E-state index in [0.29, 0.717) is 29.2 Å². The van der Waals surface area contributed by atoms with E-state index >= 15 is 0 Å². The van der Waals surface area contributed by atoms with Gasteiger partial charge in [0.05, 0.1) is 24.0 Å². The van der Waals surface area contributed by atoms with E-state index in [4.69, 9.17) is 14.2 Å². The van der Waals surface area contributed by atoms with Gasteiger partial charge in [-0.2, -0.15) is 0 Å². The summed E-state index contributed by atoms with van der Waals surface area (Å²) in [6.45, 7) is 5.06. The first-order chi connectivity index (χ1) is 10.9. The SMILES string of the molecule is CCOc1cc2c(C)nc(OC(C)=O)c([N+](=O)[O-])c2cc1OC. The van der Waals surface area contributed by atoms with Gasteiger partial charge in [0.2, 0.25) is 0 Å². The molecule has 0 radical (unpaired) electrons. The molecule has 8 heteroatoms. The third-order valence-corrected chi connectivity index (χ3v) is 3.14. The van der Waals surface area contributed by atoms with E-state index in [2.05, 4.69) is 4.98 Å². The van der Waals surface area contributed by atoms with Gasteiger partial charge in [0.25, 0.3) is 0 Å². The average Bonchev–Trinajstić information content (AvgIpc) is 2.46. The Kier molecular flexibility index (Phi) is 4.63. The predicted molar refractivity (Wildman–Crippen MR) is 82.2 cm³/mol. The monoisotopic (exact) mass is 320 g/mol. The molecule has 0 atom stereocenters. The van der Waals surface area contributed by atoms with E-state index < -0.39 is 10.9 Å². The number of pyridine rings is 1. The first kappa shape index (κ1) is 16.5. The number of aromatic nitrogens is 1. The summed E-state index contributed by atoms with van der Waals surface area (Å²) >= 11 is 0. The van der Waals surface area contributed by atoms with Crippen LogP contribution < -0.4 is 14.2 Å². The van der Waals surface area contributed by atoms with E-state index in [0.717, 1.165) is 6.92 Å². The van der Waals surface area contributed by atoms with Crippen LogP contribution in [0.15, 0.2) is 12.1 Å². The summed E-state index contributed by atoms with van der Waals surface area (Å²) in [7, 11) is 1.44. The average molecular weight is 320 g/mol. The number of aryl methyl sites for hydroxylation is 1. The van der Waals surface area contributed by atoms with Crippen molar-refractivity contribution in [1.82, 2.24) is 4.98 Å². The van der Waals surface area contributed by atoms with Gasteiger partial charge in [0.15, 0.2) is 11.5 Å². The standard InChI is InChI=1S/C15H16N2O6/c1-5-22-13-6-10-8(2)16-15(23-9(3)18)14(17(19)20)11(10)7-12(13)21-4/h6-7H,5H2,1-4H3. The molecule has 1 aromatic heterocycles. The first-order valence-corrected chi connectivity index (χ1v) is 6.87. The molecule has 0 aliphatic rings. The van der Waals surface area contributed by atoms with Gasteiger partial charge < -0.3 is 14.2 Å². The molecule has 0 spiro atoms. The van der Waals surface area contributed by atoms with Crippen LogP contribution >= 0.6 is 0 Å². The molecule has 0 aliphatic carbocycles. The number of hydrogen-bond acceptors (Lipinski definition) is 7. The Bertz CT molecular complexity index is 787. The van der Waals surface area contributed by atoms with Crippen LogP contribution in [0.1, 0.15) is 19.5 Å². The zero-order valence-corrected chi connectivity index (χ0v) is 13.2. The molecular weight excluding hydrogens is 304 g/mol. The van der Waals surface area contributed by atoms with Gasteiger partial charge in [0, 0.05) is 18.0 Å². The normalized spacial score (nSPS) is 10.4. The van der Waals surface area contributed by atoms with Crippen molar-refractivity contribution < 1.29 is 23.9 Å². The number of carbonyl (C=O) groups excluding carboxylic acids is 1. The van der Waals surface area contributed by atoms with Gasteiger partial charge in [-0.1, -0.05) is 0 Å². The van der Waals surface area contributed by atoms with Crippen molar-refractivity contribution in [2.75, 3.05) is 13.7 Å². The van der Waals surface area contributed by atoms with Gasteiger partial charge in [-0.25, -0.2) is 4.98 Å². The highest BCUT2D eigenvalue weighted by molar-refractivity contribution is 5.97. The van der Waals surface area contributed by atoms with Crippen LogP contribution in [-0.4, -0.2) is 29.6 Å². The maximum Gasteiger partial charge on any atom is 0.339 e. The van der Waals surface area contributed by atoms with Crippen molar-refractivity contribution in [3.05, 3.63) is 27.9 Å². The largest absolute Gasteiger partial charge is 0.493 e. The lowest BCUT2D eigenvalue weighted by Gasteiger charge is -2.13. The number of esters is 1. The summed E-state index contributed by atoms with van der Waals surface area (Å²) in [6.07, 6.45) is 0. The molecule has 0 unspecified atom stereocenters. The van der Waals surface area contributed by atoms with Gasteiger partial charge in [-0.15, -0.1) is 0 Å². The smallest absolute Gasteiger partial charge is 0.339 e. The molecule has 23 heavy (non-hydrogen) atoms. The van der Waals surface area contributed by atoms with E-state index in [9.17, 15) is 14.9 Å². The van der Waals surface area contributed by atoms with E-state index in [1.54, 1.807) is 13.0 Å². The molecule has 0 saturated heterocycles. The second kappa shape index (κ2) is 6.47. The molecule has 1 heterocycles. The molecule has 2 rings (SSSR count). The third kappa shape index (κ3) is 3.15. The molecule has 0 saturated carbocycles. The number of rotatable bonds is 5. The summed E-state index contributed by atoms with van der Waals surface area (Å²) in [5.74, 6) is -0.209. The fourth-order valence-corrected chi connectivity index (χ4v) is 2.25. The Morgan fingerprint density at radius 3 is 2.48 bits per heavy atom. The van der Waals surface area contributed by atoms with Crippen molar-refractivity contribution in [2.45, 2.75) is 20.8 Å². The fraction of sp³-hybridized carbons (Fsp3) is 0.333. The number of ether oxygens (including phenoxy) is 3. The van der Waals surface area contributed by atoms with Crippen molar-refractivity contribution in [3.63, 3.8) is 0 Å². The van der Waals surface area contributed by atoms with Crippen molar-refractivity contribution in [3.8, 4) is 17.4 Å². The molecule has 0 fully saturated rings. The minimum absolute atomic E-state index is 0.263. The highest BCUT2D eigenvalue weighted by atomic mass is 16.6. The minimum atomic E-state index is -0.683. The number of hydrogen-bond donors (Lipinski definition) is 0. The molecule has 0 amide bonds. The van der Waals surface area contributed by atoms with Crippen molar-refractivity contribution in [1.29, 1.82) is 0 Å². The summed E-state index contributed by atoms with van der Waals surface area (Å²) < 4.78 is 15.6. The fourth-order valence-electron chi connectivity index (χ4n) is 2.25. The van der Waals surface area contributed by atoms with Crippen LogP contribution in [0.5, 0.6) is 17.4 Å². The number of methoxy groups -OCH3 is 1. The topological polar surface area (TPSA) is 101 Å². The minimum Gasteiger partial charge on any atom is -0.493 e. The van der Waals surface area contributed by atoms with Crippen molar-refractivity contribution in [2.24, 2.45) is 0 Å². The molecule has 0 N–H and O–H groups in total. The maximum absolute atomic E-state index is 11.4. The lowest BCUT2D eigenvalue weighted by Crippen LogP contribution is -2.07. The number of nitro groups is 1. The molecule has 0 bridgehead atoms. The highest BCUT2D eigenvalue weighted by Crippen LogP contribution is 2.41. The number of nitrogens with zero attached hydrogens (tertiary/aromatic N) is 2. The van der Waals surface area contributed by atoms with Crippen LogP contribution in [0.25, 0.3) is 10.8 Å². The number of fused-ring (bicyclic) bond motifs is 1. The summed E-state index contributed by atoms with van der Waals surface area (Å²) in [5.41, 5.74) is 0.0904. The molecule has 1 aromatic carbocycles. The van der Waals surface area contributed by atoms with Gasteiger partial charge in [-0.3, -0.25) is 14.9 Å². The maximum atomic E-state index is 11.4. The van der Waals surface area contributed by atoms with E-state index in [1.165, 1.54) is 13.2 Å². The van der Waals surface area contributed by atoms with Gasteiger partial charge in [0.1, 0.15) is 0 Å². The summed E-state index contributed by atoms with van der Waals surface area (Å²) in [6, 6.07) is 3.12. The lowest BCUT2D eigenvalue weighted by atomic mass is 10.1. The van der Waals surface area contributed by atoms with Gasteiger partial charge >= 0.3 is 17.5 Å². The zero-order chi connectivity index (χ0) is 17.1. The van der Waals surface area contributed by atoms with Crippen LogP contribution in [0, 0.1) is 17.0 Å². The Balaban J connectivity index is 2.84. The molecular formula is C15H16N2O6. The quantitative estimate of drug-likeness (QED) is 0.474. The van der Waals surface area contributed by atoms with Crippen molar-refractivity contribution >= 4 is 22.4 Å². The molecule has 122 valence electrons. The predicted octanol–water partition coefficient (Wildman–Crippen LogP) is 2.78. The van der Waals surface area contributed by atoms with E-state index in [-0.39, 0.29) is 17.0 Å². The number of carbonyl (C=O) groups is 1. The third-order valence-electron chi connectivity index (χ3n) is 3.14. The first-order valence-electron chi connectivity index (χ1n) is 6.87. The summed E-state index contributed by atoms with van der Waals surface area (Å²) in [4.78, 5) is 26.0. The summed E-state index contributed by atoms with van der Waals surface area (Å²) in [5, 5.41) is 12.2. The van der Waals surface area contributed by atoms with Crippen LogP contribution in [0.2, 0.25) is 0 Å². The van der Waals surface area contributed by atoms with Crippen LogP contribution in [-0.2, 0) is 4.79 Å². The van der Waals surface area contributed by atoms with Crippen LogP contribution in [0.4, 0.5) is 5.69 Å². The second-order valence-corrected chi connectivity index (χ2v) is 4.68. The van der Waals surface area contributed by atoms with E-state index in [1.807, 2.05) is 6.92 Å². The highest BCUT2D eigenvalue weighted by Gasteiger charge is 2.26. The second-order valence-electron chi connectivity index (χ2n) is 4.68. The Labute approximate surface area is 132 Å². The molecule has 2 aromatic rings. The Morgan fingerprint density at radius 1 is 1.30 bits per heavy atom. The molecule has 8 nitrogen and oxygen atoms in total. The lowest BCUT2D eigenvalue weighted by molar-refractivity contribution is -0.384. The zero-order valence-electron chi connectivity index (χ0n) is 13.2. The van der Waals surface area contributed by atoms with Gasteiger partial charge in [-0.05, 0) is 26.0 Å². The number of benzene rings is 1. The Morgan fingerprint density at radius 2 is 1.96 bits per heavy atom. The molecule has 0 aliphatic heterocycles. The Hall–Kier alpha value is -2.90. The van der Waals surface area contributed by atoms with Crippen LogP contribution in [0.3, 0.4) is 0 Å².